The second kappa shape index (κ2) is 6.67. The third kappa shape index (κ3) is 3.31. The Hall–Kier alpha value is -0.260. The van der Waals surface area contributed by atoms with Crippen LogP contribution in [-0.2, 0) is 0 Å². The summed E-state index contributed by atoms with van der Waals surface area (Å²) in [6.45, 7) is 0. The summed E-state index contributed by atoms with van der Waals surface area (Å²) >= 11 is 18.9. The molecule has 1 unspecified atom stereocenters. The highest BCUT2D eigenvalue weighted by Gasteiger charge is 2.18. The lowest BCUT2D eigenvalue weighted by atomic mass is 9.99. The molecule has 0 aromatic heterocycles. The van der Waals surface area contributed by atoms with Crippen molar-refractivity contribution >= 4 is 55.1 Å². The first-order valence-corrected chi connectivity index (χ1v) is 8.01. The normalized spacial score (nSPS) is 12.3. The van der Waals surface area contributed by atoms with E-state index in [9.17, 15) is 0 Å². The van der Waals surface area contributed by atoms with Crippen molar-refractivity contribution in [2.75, 3.05) is 7.11 Å². The van der Waals surface area contributed by atoms with Crippen LogP contribution in [0.5, 0.6) is 5.75 Å². The summed E-state index contributed by atoms with van der Waals surface area (Å²) in [6.07, 6.45) is 0. The Morgan fingerprint density at radius 3 is 2.40 bits per heavy atom. The summed E-state index contributed by atoms with van der Waals surface area (Å²) in [5, 5.41) is 1.23. The average molecular weight is 440 g/mol. The number of halogens is 4. The van der Waals surface area contributed by atoms with Crippen LogP contribution in [-0.4, -0.2) is 7.11 Å². The molecule has 2 rings (SSSR count). The lowest BCUT2D eigenvalue weighted by Crippen LogP contribution is -2.13. The van der Waals surface area contributed by atoms with Crippen molar-refractivity contribution in [2.24, 2.45) is 5.73 Å². The number of nitrogens with two attached hydrogens (primary N) is 1. The van der Waals surface area contributed by atoms with Crippen LogP contribution in [0.1, 0.15) is 17.2 Å². The van der Waals surface area contributed by atoms with Gasteiger partial charge in [-0.3, -0.25) is 0 Å². The van der Waals surface area contributed by atoms with Gasteiger partial charge in [-0.25, -0.2) is 0 Å². The third-order valence-electron chi connectivity index (χ3n) is 2.88. The molecule has 2 aromatic carbocycles. The SMILES string of the molecule is COc1c(Br)cc(Cl)cc1C(N)c1ccc(Cl)c(Br)c1. The zero-order valence-corrected chi connectivity index (χ0v) is 15.1. The fourth-order valence-corrected chi connectivity index (χ4v) is 3.42. The number of rotatable bonds is 3. The van der Waals surface area contributed by atoms with Crippen LogP contribution in [0, 0.1) is 0 Å². The molecule has 2 nitrogen and oxygen atoms in total. The molecule has 0 radical (unpaired) electrons. The van der Waals surface area contributed by atoms with Crippen LogP contribution in [0.4, 0.5) is 0 Å². The summed E-state index contributed by atoms with van der Waals surface area (Å²) < 4.78 is 6.97. The van der Waals surface area contributed by atoms with E-state index < -0.39 is 0 Å². The molecule has 2 aromatic rings. The Balaban J connectivity index is 2.52. The van der Waals surface area contributed by atoms with Crippen LogP contribution in [0.3, 0.4) is 0 Å². The van der Waals surface area contributed by atoms with Crippen molar-refractivity contribution in [3.63, 3.8) is 0 Å². The van der Waals surface area contributed by atoms with E-state index in [1.54, 1.807) is 25.3 Å². The van der Waals surface area contributed by atoms with E-state index in [1.165, 1.54) is 0 Å². The maximum absolute atomic E-state index is 6.33. The van der Waals surface area contributed by atoms with Crippen molar-refractivity contribution in [1.29, 1.82) is 0 Å². The van der Waals surface area contributed by atoms with Crippen molar-refractivity contribution in [1.82, 2.24) is 0 Å². The highest BCUT2D eigenvalue weighted by molar-refractivity contribution is 9.10. The molecule has 0 saturated heterocycles. The van der Waals surface area contributed by atoms with Gasteiger partial charge in [0.15, 0.2) is 0 Å². The third-order valence-corrected chi connectivity index (χ3v) is 4.90. The van der Waals surface area contributed by atoms with Crippen molar-refractivity contribution in [2.45, 2.75) is 6.04 Å². The zero-order valence-electron chi connectivity index (χ0n) is 10.5. The van der Waals surface area contributed by atoms with Gasteiger partial charge in [-0.1, -0.05) is 29.3 Å². The first-order chi connectivity index (χ1) is 9.43. The predicted octanol–water partition coefficient (Wildman–Crippen LogP) is 5.58. The first-order valence-electron chi connectivity index (χ1n) is 5.67. The second-order valence-electron chi connectivity index (χ2n) is 4.16. The molecule has 1 atom stereocenters. The lowest BCUT2D eigenvalue weighted by molar-refractivity contribution is 0.405. The molecule has 2 N–H and O–H groups in total. The van der Waals surface area contributed by atoms with Crippen molar-refractivity contribution < 1.29 is 4.74 Å². The van der Waals surface area contributed by atoms with Gasteiger partial charge in [0.25, 0.3) is 0 Å². The van der Waals surface area contributed by atoms with Gasteiger partial charge in [-0.2, -0.15) is 0 Å². The van der Waals surface area contributed by atoms with E-state index in [-0.39, 0.29) is 6.04 Å². The molecule has 20 heavy (non-hydrogen) atoms. The minimum Gasteiger partial charge on any atom is -0.495 e. The Morgan fingerprint density at radius 1 is 1.10 bits per heavy atom. The highest BCUT2D eigenvalue weighted by atomic mass is 79.9. The highest BCUT2D eigenvalue weighted by Crippen LogP contribution is 2.38. The Bertz CT molecular complexity index is 649. The van der Waals surface area contributed by atoms with Crippen molar-refractivity contribution in [3.05, 3.63) is 60.4 Å². The van der Waals surface area contributed by atoms with Gasteiger partial charge in [0.05, 0.1) is 22.6 Å². The average Bonchev–Trinajstić information content (AvgIpc) is 2.40. The van der Waals surface area contributed by atoms with Gasteiger partial charge < -0.3 is 10.5 Å². The molecule has 0 aliphatic carbocycles. The molecule has 0 spiro atoms. The number of benzene rings is 2. The maximum atomic E-state index is 6.33. The predicted molar refractivity (Wildman–Crippen MR) is 90.9 cm³/mol. The molecule has 0 fully saturated rings. The van der Waals surface area contributed by atoms with E-state index in [2.05, 4.69) is 31.9 Å². The van der Waals surface area contributed by atoms with Gasteiger partial charge in [0, 0.05) is 15.1 Å². The monoisotopic (exact) mass is 437 g/mol. The van der Waals surface area contributed by atoms with Gasteiger partial charge in [-0.05, 0) is 61.7 Å². The molecule has 0 amide bonds. The summed E-state index contributed by atoms with van der Waals surface area (Å²) in [7, 11) is 1.60. The largest absolute Gasteiger partial charge is 0.495 e. The summed E-state index contributed by atoms with van der Waals surface area (Å²) in [5.74, 6) is 0.674. The molecular formula is C14H11Br2Cl2NO. The van der Waals surface area contributed by atoms with Crippen LogP contribution in [0.2, 0.25) is 10.0 Å². The number of hydrogen-bond donors (Lipinski definition) is 1. The van der Waals surface area contributed by atoms with E-state index in [1.807, 2.05) is 12.1 Å². The van der Waals surface area contributed by atoms with E-state index in [0.29, 0.717) is 15.8 Å². The summed E-state index contributed by atoms with van der Waals surface area (Å²) in [4.78, 5) is 0. The van der Waals surface area contributed by atoms with Crippen molar-refractivity contribution in [3.8, 4) is 5.75 Å². The maximum Gasteiger partial charge on any atom is 0.138 e. The van der Waals surface area contributed by atoms with Crippen LogP contribution in [0.15, 0.2) is 39.3 Å². The van der Waals surface area contributed by atoms with E-state index in [0.717, 1.165) is 20.1 Å². The number of methoxy groups -OCH3 is 1. The van der Waals surface area contributed by atoms with Gasteiger partial charge >= 0.3 is 0 Å². The molecule has 0 bridgehead atoms. The molecule has 0 saturated carbocycles. The van der Waals surface area contributed by atoms with Crippen LogP contribution < -0.4 is 10.5 Å². The van der Waals surface area contributed by atoms with Gasteiger partial charge in [-0.15, -0.1) is 0 Å². The summed E-state index contributed by atoms with van der Waals surface area (Å²) in [6, 6.07) is 8.78. The Labute approximate surface area is 144 Å². The smallest absolute Gasteiger partial charge is 0.138 e. The standard InChI is InChI=1S/C14H11Br2Cl2NO/c1-20-14-9(5-8(17)6-11(14)16)13(19)7-2-3-12(18)10(15)4-7/h2-6,13H,19H2,1H3. The first kappa shape index (κ1) is 16.1. The molecule has 0 heterocycles. The van der Waals surface area contributed by atoms with Gasteiger partial charge in [0.2, 0.25) is 0 Å². The quantitative estimate of drug-likeness (QED) is 0.678. The van der Waals surface area contributed by atoms with E-state index in [4.69, 9.17) is 33.7 Å². The number of ether oxygens (including phenoxy) is 1. The minimum atomic E-state index is -0.367. The van der Waals surface area contributed by atoms with Crippen LogP contribution in [0.25, 0.3) is 0 Å². The van der Waals surface area contributed by atoms with Gasteiger partial charge in [0.1, 0.15) is 5.75 Å². The van der Waals surface area contributed by atoms with E-state index >= 15 is 0 Å². The second-order valence-corrected chi connectivity index (χ2v) is 6.71. The molecule has 6 heteroatoms. The molecule has 0 aliphatic heterocycles. The van der Waals surface area contributed by atoms with Crippen LogP contribution >= 0.6 is 55.1 Å². The lowest BCUT2D eigenvalue weighted by Gasteiger charge is -2.18. The Kier molecular flexibility index (Phi) is 5.37. The molecule has 106 valence electrons. The number of hydrogen-bond acceptors (Lipinski definition) is 2. The summed E-state index contributed by atoms with van der Waals surface area (Å²) in [5.41, 5.74) is 8.04. The Morgan fingerprint density at radius 2 is 1.80 bits per heavy atom. The zero-order chi connectivity index (χ0) is 14.9. The fraction of sp³-hybridized carbons (Fsp3) is 0.143. The minimum absolute atomic E-state index is 0.367. The topological polar surface area (TPSA) is 35.2 Å². The fourth-order valence-electron chi connectivity index (χ4n) is 1.91. The molecule has 0 aliphatic rings. The molecular weight excluding hydrogens is 429 g/mol.